The summed E-state index contributed by atoms with van der Waals surface area (Å²) in [4.78, 5) is 34.0. The fraction of sp³-hybridized carbons (Fsp3) is 0.174. The van der Waals surface area contributed by atoms with Gasteiger partial charge in [-0.3, -0.25) is 10.1 Å². The van der Waals surface area contributed by atoms with Gasteiger partial charge in [-0.15, -0.1) is 0 Å². The molecule has 11 heteroatoms. The Balaban J connectivity index is 2.33. The number of halogens is 2. The Morgan fingerprint density at radius 1 is 1.26 bits per heavy atom. The number of carbonyl (C=O) groups is 1. The highest BCUT2D eigenvalue weighted by Gasteiger charge is 2.26. The number of para-hydroxylation sites is 2. The van der Waals surface area contributed by atoms with Gasteiger partial charge in [-0.25, -0.2) is 19.2 Å². The van der Waals surface area contributed by atoms with E-state index >= 15 is 0 Å². The van der Waals surface area contributed by atoms with Crippen LogP contribution in [-0.2, 0) is 9.47 Å². The first kappa shape index (κ1) is 24.6. The number of ether oxygens (including phenoxy) is 2. The first-order valence-electron chi connectivity index (χ1n) is 9.99. The maximum Gasteiger partial charge on any atom is 0.357 e. The van der Waals surface area contributed by atoms with Gasteiger partial charge in [0.15, 0.2) is 11.5 Å². The zero-order valence-corrected chi connectivity index (χ0v) is 19.2. The van der Waals surface area contributed by atoms with Gasteiger partial charge in [-0.1, -0.05) is 23.7 Å². The second-order valence-corrected chi connectivity index (χ2v) is 7.22. The third kappa shape index (κ3) is 5.12. The molecule has 1 aromatic heterocycles. The molecule has 176 valence electrons. The van der Waals surface area contributed by atoms with Crippen molar-refractivity contribution in [2.75, 3.05) is 25.7 Å². The molecule has 9 nitrogen and oxygen atoms in total. The third-order valence-corrected chi connectivity index (χ3v) is 5.04. The van der Waals surface area contributed by atoms with Gasteiger partial charge in [0.2, 0.25) is 0 Å². The van der Waals surface area contributed by atoms with Crippen molar-refractivity contribution in [2.45, 2.75) is 6.92 Å². The van der Waals surface area contributed by atoms with Gasteiger partial charge in [0.05, 0.1) is 35.5 Å². The van der Waals surface area contributed by atoms with Crippen LogP contribution < -0.4 is 4.90 Å². The molecule has 2 aromatic carbocycles. The number of methoxy groups -OCH3 is 1. The zero-order valence-electron chi connectivity index (χ0n) is 18.5. The molecule has 0 bridgehead atoms. The van der Waals surface area contributed by atoms with Gasteiger partial charge in [0, 0.05) is 18.7 Å². The number of rotatable bonds is 8. The van der Waals surface area contributed by atoms with Gasteiger partial charge in [0.1, 0.15) is 17.3 Å². The van der Waals surface area contributed by atoms with Crippen molar-refractivity contribution in [2.24, 2.45) is 0 Å². The van der Waals surface area contributed by atoms with Crippen molar-refractivity contribution in [1.82, 2.24) is 9.97 Å². The van der Waals surface area contributed by atoms with Crippen molar-refractivity contribution in [1.29, 1.82) is 0 Å². The second kappa shape index (κ2) is 10.7. The highest BCUT2D eigenvalue weighted by Crippen LogP contribution is 2.36. The van der Waals surface area contributed by atoms with Crippen molar-refractivity contribution in [3.8, 4) is 11.4 Å². The third-order valence-electron chi connectivity index (χ3n) is 4.74. The SMILES string of the molecule is CCOC=Cc1c(C(=O)OC)nc(-c2ccc(Cl)c(F)c2)nc1N(C)c1ccccc1[N+](=O)[O-]. The quantitative estimate of drug-likeness (QED) is 0.180. The summed E-state index contributed by atoms with van der Waals surface area (Å²) in [5.74, 6) is -1.36. The summed E-state index contributed by atoms with van der Waals surface area (Å²) in [5.41, 5.74) is 0.325. The van der Waals surface area contributed by atoms with Crippen LogP contribution in [-0.4, -0.2) is 41.6 Å². The van der Waals surface area contributed by atoms with E-state index in [1.165, 1.54) is 54.7 Å². The molecule has 0 aliphatic rings. The lowest BCUT2D eigenvalue weighted by Gasteiger charge is -2.22. The predicted molar refractivity (Wildman–Crippen MR) is 126 cm³/mol. The summed E-state index contributed by atoms with van der Waals surface area (Å²) in [6.07, 6.45) is 2.81. The van der Waals surface area contributed by atoms with Gasteiger partial charge in [0.25, 0.3) is 5.69 Å². The van der Waals surface area contributed by atoms with Crippen LogP contribution in [0.25, 0.3) is 17.5 Å². The van der Waals surface area contributed by atoms with E-state index in [2.05, 4.69) is 9.97 Å². The first-order valence-corrected chi connectivity index (χ1v) is 10.4. The minimum atomic E-state index is -0.786. The number of hydrogen-bond acceptors (Lipinski definition) is 8. The summed E-state index contributed by atoms with van der Waals surface area (Å²) >= 11 is 5.79. The molecular formula is C23H20ClFN4O5. The maximum absolute atomic E-state index is 14.1. The Labute approximate surface area is 199 Å². The molecule has 1 heterocycles. The monoisotopic (exact) mass is 486 g/mol. The molecule has 0 saturated heterocycles. The van der Waals surface area contributed by atoms with E-state index in [0.717, 1.165) is 6.07 Å². The molecule has 0 aliphatic carbocycles. The first-order chi connectivity index (χ1) is 16.3. The van der Waals surface area contributed by atoms with Crippen LogP contribution in [0, 0.1) is 15.9 Å². The van der Waals surface area contributed by atoms with Crippen LogP contribution in [0.2, 0.25) is 5.02 Å². The van der Waals surface area contributed by atoms with Gasteiger partial charge < -0.3 is 14.4 Å². The number of aromatic nitrogens is 2. The predicted octanol–water partition coefficient (Wildman–Crippen LogP) is 5.41. The molecule has 3 aromatic rings. The molecule has 0 saturated carbocycles. The molecule has 0 aliphatic heterocycles. The number of anilines is 2. The summed E-state index contributed by atoms with van der Waals surface area (Å²) < 4.78 is 24.3. The Hall–Kier alpha value is -4.05. The number of nitro benzene ring substituents is 1. The summed E-state index contributed by atoms with van der Waals surface area (Å²) in [6, 6.07) is 10.0. The molecule has 0 fully saturated rings. The van der Waals surface area contributed by atoms with Gasteiger partial charge in [-0.05, 0) is 37.3 Å². The summed E-state index contributed by atoms with van der Waals surface area (Å²) in [5, 5.41) is 11.5. The summed E-state index contributed by atoms with van der Waals surface area (Å²) in [6.45, 7) is 2.14. The van der Waals surface area contributed by atoms with Gasteiger partial charge >= 0.3 is 5.97 Å². The lowest BCUT2D eigenvalue weighted by molar-refractivity contribution is -0.384. The Morgan fingerprint density at radius 2 is 2.00 bits per heavy atom. The van der Waals surface area contributed by atoms with Crippen molar-refractivity contribution in [3.63, 3.8) is 0 Å². The lowest BCUT2D eigenvalue weighted by atomic mass is 10.1. The molecule has 34 heavy (non-hydrogen) atoms. The smallest absolute Gasteiger partial charge is 0.357 e. The number of nitrogens with zero attached hydrogens (tertiary/aromatic N) is 4. The Morgan fingerprint density at radius 3 is 2.65 bits per heavy atom. The average Bonchev–Trinajstić information content (AvgIpc) is 2.84. The minimum absolute atomic E-state index is 0.00930. The van der Waals surface area contributed by atoms with Crippen molar-refractivity contribution >= 4 is 40.8 Å². The van der Waals surface area contributed by atoms with Crippen LogP contribution in [0.5, 0.6) is 0 Å². The fourth-order valence-electron chi connectivity index (χ4n) is 3.11. The minimum Gasteiger partial charge on any atom is -0.501 e. The van der Waals surface area contributed by atoms with Crippen LogP contribution in [0.4, 0.5) is 21.6 Å². The van der Waals surface area contributed by atoms with E-state index in [1.807, 2.05) is 0 Å². The van der Waals surface area contributed by atoms with E-state index in [-0.39, 0.29) is 44.9 Å². The molecule has 0 unspecified atom stereocenters. The van der Waals surface area contributed by atoms with Crippen LogP contribution in [0.1, 0.15) is 23.0 Å². The largest absolute Gasteiger partial charge is 0.501 e. The number of benzene rings is 2. The number of hydrogen-bond donors (Lipinski definition) is 0. The number of esters is 1. The van der Waals surface area contributed by atoms with Crippen molar-refractivity contribution < 1.29 is 23.6 Å². The second-order valence-electron chi connectivity index (χ2n) is 6.82. The highest BCUT2D eigenvalue weighted by atomic mass is 35.5. The topological polar surface area (TPSA) is 108 Å². The normalized spacial score (nSPS) is 10.9. The van der Waals surface area contributed by atoms with E-state index in [0.29, 0.717) is 6.61 Å². The van der Waals surface area contributed by atoms with Crippen molar-refractivity contribution in [3.05, 3.63) is 80.9 Å². The van der Waals surface area contributed by atoms with Gasteiger partial charge in [-0.2, -0.15) is 0 Å². The fourth-order valence-corrected chi connectivity index (χ4v) is 3.23. The van der Waals surface area contributed by atoms with Crippen LogP contribution in [0.15, 0.2) is 48.7 Å². The zero-order chi connectivity index (χ0) is 24.8. The van der Waals surface area contributed by atoms with E-state index in [4.69, 9.17) is 21.1 Å². The average molecular weight is 487 g/mol. The highest BCUT2D eigenvalue weighted by molar-refractivity contribution is 6.30. The lowest BCUT2D eigenvalue weighted by Crippen LogP contribution is -2.19. The molecule has 0 N–H and O–H groups in total. The Kier molecular flexibility index (Phi) is 7.75. The molecular weight excluding hydrogens is 467 g/mol. The Bertz CT molecular complexity index is 1270. The summed E-state index contributed by atoms with van der Waals surface area (Å²) in [7, 11) is 2.74. The molecule has 0 atom stereocenters. The van der Waals surface area contributed by atoms with Crippen LogP contribution in [0.3, 0.4) is 0 Å². The van der Waals surface area contributed by atoms with E-state index in [1.54, 1.807) is 20.0 Å². The van der Waals surface area contributed by atoms with Crippen LogP contribution >= 0.6 is 11.6 Å². The molecule has 0 amide bonds. The number of carbonyl (C=O) groups excluding carboxylic acids is 1. The molecule has 0 radical (unpaired) electrons. The standard InChI is InChI=1S/C23H20ClFN4O5/c1-4-34-12-11-15-20(23(30)33-3)26-21(14-9-10-16(24)17(25)13-14)27-22(15)28(2)18-7-5-6-8-19(18)29(31)32/h5-13H,4H2,1-3H3. The number of nitro groups is 1. The molecule has 0 spiro atoms. The maximum atomic E-state index is 14.1. The van der Waals surface area contributed by atoms with E-state index in [9.17, 15) is 19.3 Å². The molecule has 3 rings (SSSR count). The van der Waals surface area contributed by atoms with E-state index < -0.39 is 16.7 Å².